The Labute approximate surface area is 187 Å². The molecule has 0 amide bonds. The highest BCUT2D eigenvalue weighted by atomic mass is 19.4. The van der Waals surface area contributed by atoms with Crippen LogP contribution in [0.25, 0.3) is 11.3 Å². The number of hydrogen-bond donors (Lipinski definition) is 2. The van der Waals surface area contributed by atoms with Gasteiger partial charge in [-0.05, 0) is 37.3 Å². The van der Waals surface area contributed by atoms with Gasteiger partial charge in [0, 0.05) is 24.8 Å². The summed E-state index contributed by atoms with van der Waals surface area (Å²) in [5, 5.41) is 11.7. The zero-order valence-corrected chi connectivity index (χ0v) is 17.7. The average Bonchev–Trinajstić information content (AvgIpc) is 3.16. The fourth-order valence-electron chi connectivity index (χ4n) is 5.18. The number of likely N-dealkylation sites (tertiary alicyclic amines) is 1. The van der Waals surface area contributed by atoms with E-state index in [0.29, 0.717) is 31.3 Å². The number of aromatic nitrogens is 6. The van der Waals surface area contributed by atoms with Gasteiger partial charge in [0.15, 0.2) is 0 Å². The zero-order valence-electron chi connectivity index (χ0n) is 17.7. The lowest BCUT2D eigenvalue weighted by Crippen LogP contribution is -2.41. The van der Waals surface area contributed by atoms with Crippen LogP contribution in [-0.4, -0.2) is 54.5 Å². The Bertz CT molecular complexity index is 1170. The Kier molecular flexibility index (Phi) is 4.53. The van der Waals surface area contributed by atoms with E-state index >= 15 is 0 Å². The summed E-state index contributed by atoms with van der Waals surface area (Å²) in [6, 6.07) is 3.00. The van der Waals surface area contributed by atoms with Crippen molar-refractivity contribution in [3.63, 3.8) is 0 Å². The highest BCUT2D eigenvalue weighted by molar-refractivity contribution is 5.63. The number of ether oxygens (including phenoxy) is 1. The number of hydrogen-bond acceptors (Lipinski definition) is 7. The van der Waals surface area contributed by atoms with Crippen LogP contribution in [0, 0.1) is 5.92 Å². The Morgan fingerprint density at radius 1 is 1.21 bits per heavy atom. The molecule has 2 fully saturated rings. The van der Waals surface area contributed by atoms with Gasteiger partial charge in [0.05, 0.1) is 36.1 Å². The zero-order chi connectivity index (χ0) is 22.8. The molecule has 3 N–H and O–H groups in total. The first kappa shape index (κ1) is 20.6. The van der Waals surface area contributed by atoms with Crippen molar-refractivity contribution < 1.29 is 17.9 Å². The van der Waals surface area contributed by atoms with E-state index in [4.69, 9.17) is 10.5 Å². The third-order valence-corrected chi connectivity index (χ3v) is 6.88. The van der Waals surface area contributed by atoms with Crippen molar-refractivity contribution in [2.75, 3.05) is 25.4 Å². The molecular weight excluding hydrogens is 437 g/mol. The van der Waals surface area contributed by atoms with E-state index in [-0.39, 0.29) is 11.6 Å². The molecule has 2 aliphatic heterocycles. The SMILES string of the molecule is Nc1ncc(-c2cc3n(n2)CCO[C@@]32CCN(C(c3ncn[nH]3)C3CC3)C2)cc1C(F)(F)F. The number of fused-ring (bicyclic) bond motifs is 2. The predicted molar refractivity (Wildman–Crippen MR) is 111 cm³/mol. The number of nitrogen functional groups attached to an aromatic ring is 1. The fourth-order valence-corrected chi connectivity index (χ4v) is 5.18. The molecule has 12 heteroatoms. The minimum atomic E-state index is -4.58. The van der Waals surface area contributed by atoms with Crippen LogP contribution in [-0.2, 0) is 23.1 Å². The summed E-state index contributed by atoms with van der Waals surface area (Å²) in [4.78, 5) is 10.5. The fraction of sp³-hybridized carbons (Fsp3) is 0.524. The van der Waals surface area contributed by atoms with E-state index in [1.165, 1.54) is 12.5 Å². The van der Waals surface area contributed by atoms with Gasteiger partial charge in [-0.1, -0.05) is 0 Å². The maximum absolute atomic E-state index is 13.3. The topological polar surface area (TPSA) is 111 Å². The van der Waals surface area contributed by atoms with E-state index < -0.39 is 23.2 Å². The molecule has 0 aromatic carbocycles. The van der Waals surface area contributed by atoms with Gasteiger partial charge in [-0.15, -0.1) is 0 Å². The molecule has 1 unspecified atom stereocenters. The molecule has 5 heterocycles. The monoisotopic (exact) mass is 460 g/mol. The number of H-pyrrole nitrogens is 1. The summed E-state index contributed by atoms with van der Waals surface area (Å²) in [7, 11) is 0. The van der Waals surface area contributed by atoms with Gasteiger partial charge in [-0.25, -0.2) is 9.97 Å². The Morgan fingerprint density at radius 3 is 2.79 bits per heavy atom. The van der Waals surface area contributed by atoms with Crippen molar-refractivity contribution in [3.05, 3.63) is 41.7 Å². The lowest BCUT2D eigenvalue weighted by molar-refractivity contribution is -0.137. The quantitative estimate of drug-likeness (QED) is 0.616. The van der Waals surface area contributed by atoms with Crippen LogP contribution >= 0.6 is 0 Å². The molecule has 1 spiro atoms. The highest BCUT2D eigenvalue weighted by Crippen LogP contribution is 2.48. The van der Waals surface area contributed by atoms with E-state index in [9.17, 15) is 13.2 Å². The smallest absolute Gasteiger partial charge is 0.383 e. The van der Waals surface area contributed by atoms with Crippen LogP contribution in [0.2, 0.25) is 0 Å². The lowest BCUT2D eigenvalue weighted by atomic mass is 9.96. The summed E-state index contributed by atoms with van der Waals surface area (Å²) in [5.74, 6) is 0.867. The Morgan fingerprint density at radius 2 is 2.06 bits per heavy atom. The van der Waals surface area contributed by atoms with Crippen molar-refractivity contribution in [3.8, 4) is 11.3 Å². The first-order valence-electron chi connectivity index (χ1n) is 11.0. The molecule has 1 aliphatic carbocycles. The van der Waals surface area contributed by atoms with Crippen molar-refractivity contribution in [1.29, 1.82) is 0 Å². The Hall–Kier alpha value is -2.99. The van der Waals surface area contributed by atoms with E-state index in [0.717, 1.165) is 43.4 Å². The van der Waals surface area contributed by atoms with Gasteiger partial charge >= 0.3 is 6.18 Å². The van der Waals surface area contributed by atoms with Crippen LogP contribution in [0.4, 0.5) is 19.0 Å². The van der Waals surface area contributed by atoms with Crippen molar-refractivity contribution in [1.82, 2.24) is 34.8 Å². The van der Waals surface area contributed by atoms with Gasteiger partial charge in [0.25, 0.3) is 0 Å². The van der Waals surface area contributed by atoms with Crippen LogP contribution in [0.3, 0.4) is 0 Å². The highest BCUT2D eigenvalue weighted by Gasteiger charge is 2.50. The number of nitrogens with one attached hydrogen (secondary N) is 1. The van der Waals surface area contributed by atoms with E-state index in [1.54, 1.807) is 0 Å². The van der Waals surface area contributed by atoms with Crippen molar-refractivity contribution in [2.45, 2.75) is 43.6 Å². The van der Waals surface area contributed by atoms with Gasteiger partial charge in [0.1, 0.15) is 23.6 Å². The molecule has 174 valence electrons. The second-order valence-corrected chi connectivity index (χ2v) is 9.01. The molecule has 0 radical (unpaired) electrons. The van der Waals surface area contributed by atoms with Gasteiger partial charge in [-0.3, -0.25) is 14.7 Å². The molecule has 6 rings (SSSR count). The number of anilines is 1. The molecule has 3 aliphatic rings. The number of rotatable bonds is 4. The second-order valence-electron chi connectivity index (χ2n) is 9.01. The van der Waals surface area contributed by atoms with Crippen LogP contribution < -0.4 is 5.73 Å². The van der Waals surface area contributed by atoms with Crippen LogP contribution in [0.5, 0.6) is 0 Å². The molecule has 9 nitrogen and oxygen atoms in total. The van der Waals surface area contributed by atoms with Crippen LogP contribution in [0.15, 0.2) is 24.7 Å². The normalized spacial score (nSPS) is 24.3. The van der Waals surface area contributed by atoms with Crippen molar-refractivity contribution in [2.24, 2.45) is 5.92 Å². The second kappa shape index (κ2) is 7.26. The average molecular weight is 460 g/mol. The summed E-state index contributed by atoms with van der Waals surface area (Å²) in [5.41, 5.74) is 5.53. The largest absolute Gasteiger partial charge is 0.419 e. The van der Waals surface area contributed by atoms with Crippen LogP contribution in [0.1, 0.15) is 42.4 Å². The third kappa shape index (κ3) is 3.48. The molecule has 1 saturated carbocycles. The third-order valence-electron chi connectivity index (χ3n) is 6.88. The van der Waals surface area contributed by atoms with Gasteiger partial charge < -0.3 is 10.5 Å². The maximum atomic E-state index is 13.3. The summed E-state index contributed by atoms with van der Waals surface area (Å²) in [6.07, 6.45) is 1.36. The maximum Gasteiger partial charge on any atom is 0.419 e. The molecular formula is C21H23F3N8O. The molecule has 0 bridgehead atoms. The van der Waals surface area contributed by atoms with Gasteiger partial charge in [0.2, 0.25) is 0 Å². The lowest BCUT2D eigenvalue weighted by Gasteiger charge is -2.35. The number of halogens is 3. The molecule has 3 aromatic heterocycles. The Balaban J connectivity index is 1.33. The summed E-state index contributed by atoms with van der Waals surface area (Å²) >= 11 is 0. The number of alkyl halides is 3. The summed E-state index contributed by atoms with van der Waals surface area (Å²) in [6.45, 7) is 2.52. The number of nitrogens with two attached hydrogens (primary N) is 1. The van der Waals surface area contributed by atoms with E-state index in [1.807, 2.05) is 10.7 Å². The number of aromatic amines is 1. The molecule has 1 saturated heterocycles. The molecule has 2 atom stereocenters. The minimum Gasteiger partial charge on any atom is -0.383 e. The first-order chi connectivity index (χ1) is 15.8. The number of nitrogens with zero attached hydrogens (tertiary/aromatic N) is 6. The minimum absolute atomic E-state index is 0.156. The van der Waals surface area contributed by atoms with E-state index in [2.05, 4.69) is 30.2 Å². The predicted octanol–water partition coefficient (Wildman–Crippen LogP) is 2.75. The first-order valence-corrected chi connectivity index (χ1v) is 11.0. The van der Waals surface area contributed by atoms with Crippen molar-refractivity contribution >= 4 is 5.82 Å². The standard InChI is InChI=1S/C21H23F3N8O/c22-21(23,24)14-7-13(9-26-18(14)25)15-8-16-20(33-6-5-32(16)30-15)3-4-31(10-20)17(12-1-2-12)19-27-11-28-29-19/h7-9,11-12,17H,1-6,10H2,(H2,25,26)(H,27,28,29)/t17?,20-/m1/s1. The molecule has 33 heavy (non-hydrogen) atoms. The summed E-state index contributed by atoms with van der Waals surface area (Å²) < 4.78 is 48.2. The molecule has 3 aromatic rings. The number of pyridine rings is 1. The van der Waals surface area contributed by atoms with Gasteiger partial charge in [-0.2, -0.15) is 23.4 Å².